The van der Waals surface area contributed by atoms with E-state index in [4.69, 9.17) is 5.73 Å². The average molecular weight is 372 g/mol. The fraction of sp³-hybridized carbons (Fsp3) is 0.421. The van der Waals surface area contributed by atoms with Gasteiger partial charge in [0.15, 0.2) is 5.78 Å². The molecular weight excluding hydrogens is 348 g/mol. The third-order valence-electron chi connectivity index (χ3n) is 4.70. The molecule has 2 aromatic rings. The monoisotopic (exact) mass is 372 g/mol. The third-order valence-corrected chi connectivity index (χ3v) is 5.68. The molecule has 1 aliphatic heterocycles. The Morgan fingerprint density at radius 2 is 1.85 bits per heavy atom. The zero-order chi connectivity index (χ0) is 18.7. The molecule has 6 nitrogen and oxygen atoms in total. The van der Waals surface area contributed by atoms with Gasteiger partial charge in [-0.05, 0) is 37.6 Å². The summed E-state index contributed by atoms with van der Waals surface area (Å²) in [5.74, 6) is 0.0415. The number of hydrogen-bond donors (Lipinski definition) is 1. The Kier molecular flexibility index (Phi) is 5.68. The van der Waals surface area contributed by atoms with Crippen molar-refractivity contribution in [2.45, 2.75) is 26.3 Å². The van der Waals surface area contributed by atoms with Gasteiger partial charge in [-0.3, -0.25) is 9.59 Å². The maximum Gasteiger partial charge on any atom is 0.273 e. The van der Waals surface area contributed by atoms with E-state index in [0.29, 0.717) is 24.3 Å². The number of ketones is 1. The minimum atomic E-state index is -0.101. The molecule has 1 amide bonds. The number of nitrogens with two attached hydrogens (primary N) is 1. The van der Waals surface area contributed by atoms with Crippen LogP contribution in [0.5, 0.6) is 0 Å². The van der Waals surface area contributed by atoms with Crippen LogP contribution in [0.15, 0.2) is 29.6 Å². The van der Waals surface area contributed by atoms with Crippen molar-refractivity contribution in [2.75, 3.05) is 31.1 Å². The molecule has 3 rings (SSSR count). The highest BCUT2D eigenvalue weighted by Crippen LogP contribution is 2.21. The van der Waals surface area contributed by atoms with E-state index in [2.05, 4.69) is 9.88 Å². The number of amides is 1. The minimum Gasteiger partial charge on any atom is -0.368 e. The van der Waals surface area contributed by atoms with Crippen molar-refractivity contribution >= 4 is 28.7 Å². The molecule has 1 aromatic heterocycles. The molecule has 0 bridgehead atoms. The number of rotatable bonds is 5. The Balaban J connectivity index is 1.60. The van der Waals surface area contributed by atoms with Gasteiger partial charge in [0, 0.05) is 42.8 Å². The van der Waals surface area contributed by atoms with E-state index in [0.717, 1.165) is 30.2 Å². The van der Waals surface area contributed by atoms with Crippen molar-refractivity contribution in [3.8, 4) is 0 Å². The number of carbonyl (C=O) groups is 2. The van der Waals surface area contributed by atoms with E-state index >= 15 is 0 Å². The third kappa shape index (κ3) is 3.94. The Bertz CT molecular complexity index is 779. The largest absolute Gasteiger partial charge is 0.368 e. The second-order valence-corrected chi connectivity index (χ2v) is 7.36. The normalized spacial score (nSPS) is 15.8. The molecular formula is C19H24N4O2S. The standard InChI is InChI=1S/C19H24N4O2S/c1-3-16(20)18-21-17(12-26-18)19(25)23-10-8-22(9-11-23)15-6-4-14(5-7-15)13(2)24/h4-7,12,16H,3,8-11,20H2,1-2H3. The predicted molar refractivity (Wildman–Crippen MR) is 104 cm³/mol. The van der Waals surface area contributed by atoms with E-state index in [1.165, 1.54) is 11.3 Å². The van der Waals surface area contributed by atoms with E-state index in [1.807, 2.05) is 36.1 Å². The average Bonchev–Trinajstić information content (AvgIpc) is 3.17. The summed E-state index contributed by atoms with van der Waals surface area (Å²) in [6, 6.07) is 7.53. The van der Waals surface area contributed by atoms with Crippen LogP contribution in [0, 0.1) is 0 Å². The molecule has 1 unspecified atom stereocenters. The van der Waals surface area contributed by atoms with Crippen LogP contribution in [-0.4, -0.2) is 47.8 Å². The van der Waals surface area contributed by atoms with Crippen LogP contribution < -0.4 is 10.6 Å². The van der Waals surface area contributed by atoms with Gasteiger partial charge in [0.1, 0.15) is 10.7 Å². The number of Topliss-reactive ketones (excluding diaryl/α,β-unsaturated/α-hetero) is 1. The lowest BCUT2D eigenvalue weighted by molar-refractivity contribution is 0.0741. The van der Waals surface area contributed by atoms with Gasteiger partial charge in [-0.25, -0.2) is 4.98 Å². The molecule has 0 radical (unpaired) electrons. The van der Waals surface area contributed by atoms with Crippen LogP contribution in [0.3, 0.4) is 0 Å². The minimum absolute atomic E-state index is 0.0256. The van der Waals surface area contributed by atoms with Crippen LogP contribution in [0.1, 0.15) is 52.2 Å². The number of nitrogens with zero attached hydrogens (tertiary/aromatic N) is 3. The molecule has 2 heterocycles. The molecule has 26 heavy (non-hydrogen) atoms. The molecule has 7 heteroatoms. The number of benzene rings is 1. The van der Waals surface area contributed by atoms with Gasteiger partial charge in [-0.2, -0.15) is 0 Å². The summed E-state index contributed by atoms with van der Waals surface area (Å²) in [5.41, 5.74) is 8.28. The summed E-state index contributed by atoms with van der Waals surface area (Å²) in [6.07, 6.45) is 0.808. The van der Waals surface area contributed by atoms with Crippen LogP contribution >= 0.6 is 11.3 Å². The summed E-state index contributed by atoms with van der Waals surface area (Å²) in [6.45, 7) is 6.40. The summed E-state index contributed by atoms with van der Waals surface area (Å²) < 4.78 is 0. The zero-order valence-corrected chi connectivity index (χ0v) is 16.0. The van der Waals surface area contributed by atoms with Crippen LogP contribution in [0.25, 0.3) is 0 Å². The lowest BCUT2D eigenvalue weighted by atomic mass is 10.1. The Morgan fingerprint density at radius 3 is 2.42 bits per heavy atom. The van der Waals surface area contributed by atoms with Gasteiger partial charge >= 0.3 is 0 Å². The second-order valence-electron chi connectivity index (χ2n) is 6.47. The van der Waals surface area contributed by atoms with E-state index in [-0.39, 0.29) is 17.7 Å². The quantitative estimate of drug-likeness (QED) is 0.817. The van der Waals surface area contributed by atoms with Crippen molar-refractivity contribution in [2.24, 2.45) is 5.73 Å². The molecule has 1 atom stereocenters. The van der Waals surface area contributed by atoms with E-state index in [1.54, 1.807) is 12.3 Å². The first kappa shape index (κ1) is 18.5. The fourth-order valence-corrected chi connectivity index (χ4v) is 3.85. The first-order valence-electron chi connectivity index (χ1n) is 8.85. The predicted octanol–water partition coefficient (Wildman–Crippen LogP) is 2.72. The highest BCUT2D eigenvalue weighted by atomic mass is 32.1. The number of hydrogen-bond acceptors (Lipinski definition) is 6. The van der Waals surface area contributed by atoms with Crippen LogP contribution in [-0.2, 0) is 0 Å². The van der Waals surface area contributed by atoms with E-state index in [9.17, 15) is 9.59 Å². The van der Waals surface area contributed by atoms with Gasteiger partial charge < -0.3 is 15.5 Å². The van der Waals surface area contributed by atoms with Crippen LogP contribution in [0.2, 0.25) is 0 Å². The summed E-state index contributed by atoms with van der Waals surface area (Å²) in [7, 11) is 0. The van der Waals surface area contributed by atoms with Gasteiger partial charge in [0.25, 0.3) is 5.91 Å². The van der Waals surface area contributed by atoms with E-state index < -0.39 is 0 Å². The molecule has 2 N–H and O–H groups in total. The maximum atomic E-state index is 12.7. The van der Waals surface area contributed by atoms with Crippen molar-refractivity contribution in [1.82, 2.24) is 9.88 Å². The Hall–Kier alpha value is -2.25. The molecule has 1 aromatic carbocycles. The number of thiazole rings is 1. The van der Waals surface area contributed by atoms with Crippen molar-refractivity contribution in [3.05, 3.63) is 45.9 Å². The summed E-state index contributed by atoms with van der Waals surface area (Å²) in [4.78, 5) is 32.5. The second kappa shape index (κ2) is 7.97. The van der Waals surface area contributed by atoms with Gasteiger partial charge in [0.2, 0.25) is 0 Å². The lowest BCUT2D eigenvalue weighted by Crippen LogP contribution is -2.48. The topological polar surface area (TPSA) is 79.5 Å². The molecule has 138 valence electrons. The first-order chi connectivity index (χ1) is 12.5. The Labute approximate surface area is 157 Å². The number of anilines is 1. The maximum absolute atomic E-state index is 12.7. The number of piperazine rings is 1. The number of aromatic nitrogens is 1. The molecule has 0 saturated carbocycles. The molecule has 0 spiro atoms. The highest BCUT2D eigenvalue weighted by Gasteiger charge is 2.24. The lowest BCUT2D eigenvalue weighted by Gasteiger charge is -2.35. The highest BCUT2D eigenvalue weighted by molar-refractivity contribution is 7.09. The van der Waals surface area contributed by atoms with Crippen LogP contribution in [0.4, 0.5) is 5.69 Å². The zero-order valence-electron chi connectivity index (χ0n) is 15.1. The van der Waals surface area contributed by atoms with Crippen molar-refractivity contribution in [3.63, 3.8) is 0 Å². The number of carbonyl (C=O) groups excluding carboxylic acids is 2. The molecule has 1 aliphatic rings. The molecule has 0 aliphatic carbocycles. The first-order valence-corrected chi connectivity index (χ1v) is 9.73. The summed E-state index contributed by atoms with van der Waals surface area (Å²) in [5, 5.41) is 2.63. The van der Waals surface area contributed by atoms with Gasteiger partial charge in [0.05, 0.1) is 6.04 Å². The SMILES string of the molecule is CCC(N)c1nc(C(=O)N2CCN(c3ccc(C(C)=O)cc3)CC2)cs1. The molecule has 1 saturated heterocycles. The molecule has 1 fully saturated rings. The fourth-order valence-electron chi connectivity index (χ4n) is 2.97. The smallest absolute Gasteiger partial charge is 0.273 e. The van der Waals surface area contributed by atoms with Crippen molar-refractivity contribution in [1.29, 1.82) is 0 Å². The van der Waals surface area contributed by atoms with Gasteiger partial charge in [-0.1, -0.05) is 6.92 Å². The van der Waals surface area contributed by atoms with Gasteiger partial charge in [-0.15, -0.1) is 11.3 Å². The van der Waals surface area contributed by atoms with Crippen molar-refractivity contribution < 1.29 is 9.59 Å². The Morgan fingerprint density at radius 1 is 1.19 bits per heavy atom. The summed E-state index contributed by atoms with van der Waals surface area (Å²) >= 11 is 1.45.